The van der Waals surface area contributed by atoms with Gasteiger partial charge in [0.15, 0.2) is 11.6 Å². The van der Waals surface area contributed by atoms with Gasteiger partial charge in [-0.05, 0) is 125 Å². The maximum atomic E-state index is 13.4. The van der Waals surface area contributed by atoms with Gasteiger partial charge in [0.1, 0.15) is 36.2 Å². The van der Waals surface area contributed by atoms with E-state index in [1.165, 1.54) is 0 Å². The molecule has 2 N–H and O–H groups in total. The molecule has 0 saturated carbocycles. The molecule has 8 aromatic carbocycles. The van der Waals surface area contributed by atoms with Crippen LogP contribution < -0.4 is 18.9 Å². The van der Waals surface area contributed by atoms with Crippen LogP contribution >= 0.6 is 11.6 Å². The first-order chi connectivity index (χ1) is 46.3. The van der Waals surface area contributed by atoms with Crippen LogP contribution in [0.4, 0.5) is 0 Å². The summed E-state index contributed by atoms with van der Waals surface area (Å²) in [6.07, 6.45) is 0. The molecule has 0 saturated heterocycles. The fourth-order valence-electron chi connectivity index (χ4n) is 9.36. The Morgan fingerprint density at radius 1 is 0.333 bits per heavy atom. The van der Waals surface area contributed by atoms with Gasteiger partial charge in [-0.15, -0.1) is 0 Å². The molecule has 8 rings (SSSR count). The number of aliphatic hydroxyl groups is 2. The van der Waals surface area contributed by atoms with Gasteiger partial charge in [-0.1, -0.05) is 141 Å². The SMILES string of the molecule is C=C(C)C(=O)Cl.C=C(C)C(=O)OCCOCc1cc(-c2ccc(C(=O)c3ccc(-c4ccc(OC)c(COCCOC(=O)C(=C)C)c4)cc3)cc2)ccc1OC.COc1ccc(-c2ccc(C(=O)c3ccc(-c4ccc(OC)c(COCCO)c4)cc3)cc2)cc1COCCO. The number of carbonyl (C=O) groups excluding carboxylic acids is 5. The smallest absolute Gasteiger partial charge is 0.333 e. The number of esters is 2. The Labute approximate surface area is 566 Å². The Morgan fingerprint density at radius 2 is 0.552 bits per heavy atom. The van der Waals surface area contributed by atoms with E-state index < -0.39 is 17.2 Å². The Morgan fingerprint density at radius 3 is 0.750 bits per heavy atom. The fourth-order valence-corrected chi connectivity index (χ4v) is 9.36. The molecule has 0 amide bonds. The maximum absolute atomic E-state index is 13.4. The van der Waals surface area contributed by atoms with E-state index in [9.17, 15) is 24.0 Å². The highest BCUT2D eigenvalue weighted by molar-refractivity contribution is 6.67. The normalized spacial score (nSPS) is 10.6. The van der Waals surface area contributed by atoms with Gasteiger partial charge in [0.25, 0.3) is 0 Å². The van der Waals surface area contributed by atoms with Crippen LogP contribution in [-0.4, -0.2) is 120 Å². The molecule has 18 heteroatoms. The van der Waals surface area contributed by atoms with Crippen molar-refractivity contribution in [3.05, 3.63) is 251 Å². The lowest BCUT2D eigenvalue weighted by molar-refractivity contribution is -0.141. The van der Waals surface area contributed by atoms with Gasteiger partial charge >= 0.3 is 11.9 Å². The number of benzene rings is 8. The number of methoxy groups -OCH3 is 4. The average Bonchev–Trinajstić information content (AvgIpc) is 0.998. The van der Waals surface area contributed by atoms with Crippen LogP contribution in [0.25, 0.3) is 44.5 Å². The summed E-state index contributed by atoms with van der Waals surface area (Å²) in [6.45, 7) is 17.5. The van der Waals surface area contributed by atoms with E-state index in [0.29, 0.717) is 63.7 Å². The van der Waals surface area contributed by atoms with Gasteiger partial charge in [0.2, 0.25) is 5.24 Å². The Kier molecular flexibility index (Phi) is 30.7. The largest absolute Gasteiger partial charge is 0.496 e. The third kappa shape index (κ3) is 22.7. The summed E-state index contributed by atoms with van der Waals surface area (Å²) >= 11 is 4.87. The van der Waals surface area contributed by atoms with Crippen molar-refractivity contribution >= 4 is 40.3 Å². The molecule has 0 radical (unpaired) electrons. The van der Waals surface area contributed by atoms with E-state index in [1.54, 1.807) is 49.2 Å². The molecule has 0 heterocycles. The zero-order valence-corrected chi connectivity index (χ0v) is 55.9. The number of hydrogen-bond acceptors (Lipinski definition) is 17. The third-order valence-corrected chi connectivity index (χ3v) is 14.8. The molecule has 0 aliphatic rings. The van der Waals surface area contributed by atoms with E-state index >= 15 is 0 Å². The molecule has 0 atom stereocenters. The van der Waals surface area contributed by atoms with Crippen LogP contribution in [0.3, 0.4) is 0 Å². The molecule has 0 aromatic heterocycles. The molecule has 0 bridgehead atoms. The number of ether oxygens (including phenoxy) is 10. The first-order valence-electron chi connectivity index (χ1n) is 30.5. The molecular weight excluding hydrogens is 1240 g/mol. The van der Waals surface area contributed by atoms with Crippen molar-refractivity contribution in [3.63, 3.8) is 0 Å². The van der Waals surface area contributed by atoms with Crippen LogP contribution in [0.5, 0.6) is 23.0 Å². The monoisotopic (exact) mass is 1320 g/mol. The number of halogens is 1. The summed E-state index contributed by atoms with van der Waals surface area (Å²) in [7, 11) is 6.42. The molecule has 96 heavy (non-hydrogen) atoms. The number of ketones is 2. The summed E-state index contributed by atoms with van der Waals surface area (Å²) in [5.41, 5.74) is 14.5. The summed E-state index contributed by atoms with van der Waals surface area (Å²) < 4.78 is 54.4. The highest BCUT2D eigenvalue weighted by Crippen LogP contribution is 2.33. The summed E-state index contributed by atoms with van der Waals surface area (Å²) in [4.78, 5) is 59.5. The zero-order chi connectivity index (χ0) is 69.5. The number of allylic oxidation sites excluding steroid dienone is 1. The second-order valence-electron chi connectivity index (χ2n) is 21.6. The van der Waals surface area contributed by atoms with E-state index in [-0.39, 0.29) is 77.6 Å². The number of rotatable bonds is 33. The van der Waals surface area contributed by atoms with Crippen LogP contribution in [0.1, 0.15) is 74.9 Å². The second-order valence-corrected chi connectivity index (χ2v) is 22.0. The van der Waals surface area contributed by atoms with Crippen molar-refractivity contribution in [1.82, 2.24) is 0 Å². The van der Waals surface area contributed by atoms with Gasteiger partial charge < -0.3 is 57.6 Å². The van der Waals surface area contributed by atoms with Crippen LogP contribution in [0.15, 0.2) is 206 Å². The minimum absolute atomic E-state index is 0.0375. The Balaban J connectivity index is 0.000000285. The lowest BCUT2D eigenvalue weighted by Crippen LogP contribution is -2.11. The third-order valence-electron chi connectivity index (χ3n) is 14.5. The molecule has 0 unspecified atom stereocenters. The minimum Gasteiger partial charge on any atom is -0.496 e. The topological polar surface area (TPSA) is 218 Å². The van der Waals surface area contributed by atoms with Crippen LogP contribution in [0.2, 0.25) is 0 Å². The van der Waals surface area contributed by atoms with Crippen LogP contribution in [0, 0.1) is 0 Å². The van der Waals surface area contributed by atoms with Crippen molar-refractivity contribution in [1.29, 1.82) is 0 Å². The second kappa shape index (κ2) is 39.1. The van der Waals surface area contributed by atoms with Gasteiger partial charge in [0.05, 0.1) is 94.5 Å². The number of carbonyl (C=O) groups is 5. The maximum Gasteiger partial charge on any atom is 0.333 e. The van der Waals surface area contributed by atoms with Crippen molar-refractivity contribution < 1.29 is 81.6 Å². The van der Waals surface area contributed by atoms with Gasteiger partial charge in [-0.2, -0.15) is 0 Å². The van der Waals surface area contributed by atoms with E-state index in [1.807, 2.05) is 170 Å². The summed E-state index contributed by atoms with van der Waals surface area (Å²) in [6, 6.07) is 53.3. The predicted octanol–water partition coefficient (Wildman–Crippen LogP) is 14.2. The van der Waals surface area contributed by atoms with Crippen molar-refractivity contribution in [3.8, 4) is 67.5 Å². The molecular formula is C78H81ClO17. The van der Waals surface area contributed by atoms with Gasteiger partial charge in [0, 0.05) is 61.2 Å². The molecule has 17 nitrogen and oxygen atoms in total. The molecule has 8 aromatic rings. The van der Waals surface area contributed by atoms with Crippen molar-refractivity contribution in [2.45, 2.75) is 47.2 Å². The lowest BCUT2D eigenvalue weighted by atomic mass is 9.96. The fraction of sp³-hybridized carbons (Fsp3) is 0.244. The minimum atomic E-state index is -0.463. The first-order valence-corrected chi connectivity index (χ1v) is 30.9. The van der Waals surface area contributed by atoms with Gasteiger partial charge in [-0.25, -0.2) is 9.59 Å². The molecule has 502 valence electrons. The summed E-state index contributed by atoms with van der Waals surface area (Å²) in [5.74, 6) is 1.76. The van der Waals surface area contributed by atoms with Gasteiger partial charge in [-0.3, -0.25) is 14.4 Å². The lowest BCUT2D eigenvalue weighted by Gasteiger charge is -2.13. The van der Waals surface area contributed by atoms with E-state index in [2.05, 4.69) is 19.7 Å². The van der Waals surface area contributed by atoms with E-state index in [4.69, 9.17) is 69.2 Å². The molecule has 0 aliphatic carbocycles. The first kappa shape index (κ1) is 75.2. The highest BCUT2D eigenvalue weighted by Gasteiger charge is 2.16. The molecule has 0 spiro atoms. The zero-order valence-electron chi connectivity index (χ0n) is 55.2. The molecule has 0 aliphatic heterocycles. The van der Waals surface area contributed by atoms with Crippen LogP contribution in [-0.2, 0) is 69.2 Å². The molecule has 0 fully saturated rings. The predicted molar refractivity (Wildman–Crippen MR) is 371 cm³/mol. The van der Waals surface area contributed by atoms with E-state index in [0.717, 1.165) is 78.3 Å². The summed E-state index contributed by atoms with van der Waals surface area (Å²) in [5, 5.41) is 17.5. The standard InChI is InChI=1S/C41H42O9.C33H34O7.C4H5ClO/c1-27(2)40(43)49-21-19-47-25-35-23-33(15-17-37(35)45-5)29-7-11-31(12-8-29)39(42)32-13-9-30(10-14-32)34-16-18-38(46-6)36(24-34)26-48-20-22-50-41(44)28(3)4;1-37-31-13-11-27(19-29(31)21-39-17-15-34)23-3-7-25(8-4-23)33(36)26-9-5-24(6-10-26)28-12-14-32(38-2)30(20-28)22-40-18-16-35;1-3(2)4(5)6/h7-18,23-24H,1,3,19-22,25-26H2,2,4-6H3;3-14,19-20,34-35H,15-18,21-22H2,1-2H3;1H2,2H3. The van der Waals surface area contributed by atoms with Crippen molar-refractivity contribution in [2.24, 2.45) is 0 Å². The average molecular weight is 1330 g/mol. The number of aliphatic hydroxyl groups excluding tert-OH is 2. The Hall–Kier alpha value is -9.82. The Bertz CT molecular complexity index is 3680. The van der Waals surface area contributed by atoms with Crippen molar-refractivity contribution in [2.75, 3.05) is 81.3 Å². The number of hydrogen-bond donors (Lipinski definition) is 2. The quantitative estimate of drug-likeness (QED) is 0.0128. The highest BCUT2D eigenvalue weighted by atomic mass is 35.5.